The van der Waals surface area contributed by atoms with Crippen LogP contribution >= 0.6 is 11.6 Å². The van der Waals surface area contributed by atoms with Gasteiger partial charge in [0.1, 0.15) is 5.78 Å². The average molecular weight is 223 g/mol. The van der Waals surface area contributed by atoms with E-state index in [2.05, 4.69) is 0 Å². The number of benzene rings is 1. The first-order valence-electron chi connectivity index (χ1n) is 5.43. The predicted molar refractivity (Wildman–Crippen MR) is 62.3 cm³/mol. The molecular weight excluding hydrogens is 208 g/mol. The lowest BCUT2D eigenvalue weighted by Crippen LogP contribution is -2.35. The van der Waals surface area contributed by atoms with Crippen LogP contribution in [0.2, 0.25) is 5.02 Å². The minimum absolute atomic E-state index is 0.335. The average Bonchev–Trinajstić information content (AvgIpc) is 2.23. The maximum absolute atomic E-state index is 12.0. The van der Waals surface area contributed by atoms with Crippen molar-refractivity contribution in [1.29, 1.82) is 0 Å². The van der Waals surface area contributed by atoms with Gasteiger partial charge < -0.3 is 0 Å². The van der Waals surface area contributed by atoms with Crippen LogP contribution in [-0.2, 0) is 10.2 Å². The van der Waals surface area contributed by atoms with E-state index in [4.69, 9.17) is 11.6 Å². The minimum atomic E-state index is -0.351. The van der Waals surface area contributed by atoms with E-state index in [1.807, 2.05) is 31.2 Å². The number of halogens is 1. The summed E-state index contributed by atoms with van der Waals surface area (Å²) in [7, 11) is 0. The van der Waals surface area contributed by atoms with Gasteiger partial charge in [-0.3, -0.25) is 4.79 Å². The Bertz CT molecular complexity index is 386. The normalized spacial score (nSPS) is 26.7. The Hall–Kier alpha value is -0.820. The van der Waals surface area contributed by atoms with Gasteiger partial charge in [0.05, 0.1) is 5.41 Å². The second kappa shape index (κ2) is 3.97. The van der Waals surface area contributed by atoms with Crippen LogP contribution in [0.15, 0.2) is 24.3 Å². The van der Waals surface area contributed by atoms with Gasteiger partial charge >= 0.3 is 0 Å². The number of carbonyl (C=O) groups is 1. The molecule has 80 valence electrons. The fraction of sp³-hybridized carbons (Fsp3) is 0.462. The molecule has 0 heterocycles. The maximum atomic E-state index is 12.0. The van der Waals surface area contributed by atoms with E-state index in [1.54, 1.807) is 0 Å². The van der Waals surface area contributed by atoms with Crippen molar-refractivity contribution in [3.63, 3.8) is 0 Å². The first kappa shape index (κ1) is 10.7. The van der Waals surface area contributed by atoms with Crippen molar-refractivity contribution in [3.05, 3.63) is 34.9 Å². The molecule has 0 bridgehead atoms. The Labute approximate surface area is 95.4 Å². The van der Waals surface area contributed by atoms with Crippen LogP contribution in [0.1, 0.15) is 38.2 Å². The molecule has 2 heteroatoms. The third kappa shape index (κ3) is 1.81. The molecule has 1 fully saturated rings. The van der Waals surface area contributed by atoms with Gasteiger partial charge in [-0.05, 0) is 31.4 Å². The predicted octanol–water partition coefficient (Wildman–Crippen LogP) is 3.74. The Morgan fingerprint density at radius 2 is 2.00 bits per heavy atom. The zero-order chi connectivity index (χ0) is 10.9. The summed E-state index contributed by atoms with van der Waals surface area (Å²) >= 11 is 6.16. The van der Waals surface area contributed by atoms with Crippen molar-refractivity contribution >= 4 is 17.4 Å². The van der Waals surface area contributed by atoms with Crippen LogP contribution in [0.4, 0.5) is 0 Å². The Morgan fingerprint density at radius 3 is 2.67 bits per heavy atom. The number of hydrogen-bond acceptors (Lipinski definition) is 1. The van der Waals surface area contributed by atoms with Crippen LogP contribution in [0.5, 0.6) is 0 Å². The fourth-order valence-electron chi connectivity index (χ4n) is 2.37. The Balaban J connectivity index is 2.44. The fourth-order valence-corrected chi connectivity index (χ4v) is 2.72. The van der Waals surface area contributed by atoms with E-state index < -0.39 is 0 Å². The van der Waals surface area contributed by atoms with Gasteiger partial charge in [-0.1, -0.05) is 36.2 Å². The molecule has 1 atom stereocenters. The van der Waals surface area contributed by atoms with Gasteiger partial charge in [0, 0.05) is 11.4 Å². The highest BCUT2D eigenvalue weighted by Crippen LogP contribution is 2.39. The van der Waals surface area contributed by atoms with E-state index in [0.29, 0.717) is 12.2 Å². The smallest absolute Gasteiger partial charge is 0.143 e. The molecule has 0 aliphatic heterocycles. The summed E-state index contributed by atoms with van der Waals surface area (Å²) in [4.78, 5) is 12.0. The van der Waals surface area contributed by atoms with Gasteiger partial charge in [-0.25, -0.2) is 0 Å². The van der Waals surface area contributed by atoms with E-state index >= 15 is 0 Å². The second-order valence-corrected chi connectivity index (χ2v) is 4.85. The number of hydrogen-bond donors (Lipinski definition) is 0. The standard InChI is InChI=1S/C13H15ClO/c1-13(9-5-4-8-12(13)15)10-6-2-3-7-11(10)14/h2-3,6-7H,4-5,8-9H2,1H3/t13-/m1/s1. The van der Waals surface area contributed by atoms with Crippen molar-refractivity contribution in [2.24, 2.45) is 0 Å². The Kier molecular flexibility index (Phi) is 2.83. The molecule has 1 aromatic rings. The molecule has 1 saturated carbocycles. The van der Waals surface area contributed by atoms with Gasteiger partial charge in [0.25, 0.3) is 0 Å². The van der Waals surface area contributed by atoms with Gasteiger partial charge in [0.15, 0.2) is 0 Å². The highest BCUT2D eigenvalue weighted by molar-refractivity contribution is 6.31. The number of Topliss-reactive ketones (excluding diaryl/α,β-unsaturated/α-hetero) is 1. The van der Waals surface area contributed by atoms with E-state index in [9.17, 15) is 4.79 Å². The zero-order valence-corrected chi connectivity index (χ0v) is 9.68. The van der Waals surface area contributed by atoms with Crippen molar-refractivity contribution in [1.82, 2.24) is 0 Å². The quantitative estimate of drug-likeness (QED) is 0.708. The summed E-state index contributed by atoms with van der Waals surface area (Å²) in [5.41, 5.74) is 0.646. The van der Waals surface area contributed by atoms with Crippen molar-refractivity contribution in [2.75, 3.05) is 0 Å². The molecule has 2 rings (SSSR count). The lowest BCUT2D eigenvalue weighted by Gasteiger charge is -2.33. The second-order valence-electron chi connectivity index (χ2n) is 4.44. The van der Waals surface area contributed by atoms with Crippen LogP contribution in [0, 0.1) is 0 Å². The summed E-state index contributed by atoms with van der Waals surface area (Å²) in [6, 6.07) is 7.70. The first-order chi connectivity index (χ1) is 7.14. The van der Waals surface area contributed by atoms with Gasteiger partial charge in [-0.15, -0.1) is 0 Å². The molecule has 0 N–H and O–H groups in total. The van der Waals surface area contributed by atoms with Crippen molar-refractivity contribution < 1.29 is 4.79 Å². The molecule has 0 unspecified atom stereocenters. The lowest BCUT2D eigenvalue weighted by molar-refractivity contribution is -0.125. The molecule has 0 saturated heterocycles. The number of rotatable bonds is 1. The molecule has 0 amide bonds. The van der Waals surface area contributed by atoms with E-state index in [1.165, 1.54) is 0 Å². The number of carbonyl (C=O) groups excluding carboxylic acids is 1. The molecule has 1 aliphatic carbocycles. The SMILES string of the molecule is C[C@]1(c2ccccc2Cl)CCCCC1=O. The summed E-state index contributed by atoms with van der Waals surface area (Å²) in [5.74, 6) is 0.335. The molecular formula is C13H15ClO. The molecule has 0 spiro atoms. The molecule has 0 aromatic heterocycles. The zero-order valence-electron chi connectivity index (χ0n) is 8.92. The number of ketones is 1. The van der Waals surface area contributed by atoms with E-state index in [-0.39, 0.29) is 5.41 Å². The monoisotopic (exact) mass is 222 g/mol. The van der Waals surface area contributed by atoms with E-state index in [0.717, 1.165) is 29.8 Å². The highest BCUT2D eigenvalue weighted by atomic mass is 35.5. The van der Waals surface area contributed by atoms with Gasteiger partial charge in [0.2, 0.25) is 0 Å². The van der Waals surface area contributed by atoms with Crippen LogP contribution in [0.3, 0.4) is 0 Å². The largest absolute Gasteiger partial charge is 0.299 e. The highest BCUT2D eigenvalue weighted by Gasteiger charge is 2.37. The summed E-state index contributed by atoms with van der Waals surface area (Å²) in [5, 5.41) is 0.718. The van der Waals surface area contributed by atoms with Crippen LogP contribution < -0.4 is 0 Å². The summed E-state index contributed by atoms with van der Waals surface area (Å²) in [6.45, 7) is 2.02. The molecule has 15 heavy (non-hydrogen) atoms. The summed E-state index contributed by atoms with van der Waals surface area (Å²) in [6.07, 6.45) is 3.77. The summed E-state index contributed by atoms with van der Waals surface area (Å²) < 4.78 is 0. The first-order valence-corrected chi connectivity index (χ1v) is 5.81. The molecule has 1 nitrogen and oxygen atoms in total. The lowest BCUT2D eigenvalue weighted by atomic mass is 9.70. The Morgan fingerprint density at radius 1 is 1.27 bits per heavy atom. The topological polar surface area (TPSA) is 17.1 Å². The molecule has 0 radical (unpaired) electrons. The third-order valence-electron chi connectivity index (χ3n) is 3.41. The van der Waals surface area contributed by atoms with Gasteiger partial charge in [-0.2, -0.15) is 0 Å². The third-order valence-corrected chi connectivity index (χ3v) is 3.74. The molecule has 1 aromatic carbocycles. The molecule has 1 aliphatic rings. The van der Waals surface area contributed by atoms with Crippen LogP contribution in [-0.4, -0.2) is 5.78 Å². The van der Waals surface area contributed by atoms with Crippen molar-refractivity contribution in [3.8, 4) is 0 Å². The maximum Gasteiger partial charge on any atom is 0.143 e. The van der Waals surface area contributed by atoms with Crippen LogP contribution in [0.25, 0.3) is 0 Å². The van der Waals surface area contributed by atoms with Crippen molar-refractivity contribution in [2.45, 2.75) is 38.0 Å². The minimum Gasteiger partial charge on any atom is -0.299 e.